The molecule has 4 saturated carbocycles. The van der Waals surface area contributed by atoms with E-state index < -0.39 is 17.7 Å². The minimum absolute atomic E-state index is 0.163. The minimum Gasteiger partial charge on any atom is -0.352 e. The topological polar surface area (TPSA) is 49.4 Å². The summed E-state index contributed by atoms with van der Waals surface area (Å²) in [6.45, 7) is 2.23. The van der Waals surface area contributed by atoms with Crippen LogP contribution in [0.2, 0.25) is 0 Å². The number of nitrogens with zero attached hydrogens (tertiary/aromatic N) is 1. The van der Waals surface area contributed by atoms with Gasteiger partial charge in [-0.1, -0.05) is 18.2 Å². The maximum Gasteiger partial charge on any atom is 0.254 e. The summed E-state index contributed by atoms with van der Waals surface area (Å²) >= 11 is 0. The van der Waals surface area contributed by atoms with Gasteiger partial charge in [-0.2, -0.15) is 0 Å². The molecule has 0 spiro atoms. The maximum absolute atomic E-state index is 13.6. The molecule has 4 aliphatic carbocycles. The number of carbonyl (C=O) groups excluding carboxylic acids is 2. The molecular weight excluding hydrogens is 434 g/mol. The summed E-state index contributed by atoms with van der Waals surface area (Å²) in [6.07, 6.45) is 7.06. The van der Waals surface area contributed by atoms with Crippen molar-refractivity contribution in [1.29, 1.82) is 0 Å². The van der Waals surface area contributed by atoms with E-state index in [1.165, 1.54) is 30.2 Å². The van der Waals surface area contributed by atoms with Gasteiger partial charge in [0.1, 0.15) is 0 Å². The van der Waals surface area contributed by atoms with Crippen LogP contribution in [0.1, 0.15) is 73.0 Å². The second kappa shape index (κ2) is 8.79. The Morgan fingerprint density at radius 3 is 2.12 bits per heavy atom. The lowest BCUT2D eigenvalue weighted by atomic mass is 9.49. The predicted molar refractivity (Wildman–Crippen MR) is 126 cm³/mol. The van der Waals surface area contributed by atoms with Crippen LogP contribution in [0, 0.1) is 34.8 Å². The third kappa shape index (κ3) is 4.23. The van der Waals surface area contributed by atoms with Crippen molar-refractivity contribution < 1.29 is 18.4 Å². The molecule has 4 bridgehead atoms. The molecule has 0 saturated heterocycles. The number of hydrogen-bond acceptors (Lipinski definition) is 2. The highest BCUT2D eigenvalue weighted by Gasteiger charge is 2.54. The van der Waals surface area contributed by atoms with E-state index >= 15 is 0 Å². The van der Waals surface area contributed by atoms with E-state index in [0.29, 0.717) is 17.7 Å². The minimum atomic E-state index is -0.926. The fourth-order valence-electron chi connectivity index (χ4n) is 6.90. The van der Waals surface area contributed by atoms with Gasteiger partial charge in [0, 0.05) is 24.6 Å². The van der Waals surface area contributed by atoms with Crippen LogP contribution < -0.4 is 5.32 Å². The highest BCUT2D eigenvalue weighted by Crippen LogP contribution is 2.60. The summed E-state index contributed by atoms with van der Waals surface area (Å²) in [5.74, 6) is 0.350. The lowest BCUT2D eigenvalue weighted by Crippen LogP contribution is -2.53. The molecule has 1 N–H and O–H groups in total. The molecule has 6 heteroatoms. The van der Waals surface area contributed by atoms with Gasteiger partial charge >= 0.3 is 0 Å². The average molecular weight is 467 g/mol. The summed E-state index contributed by atoms with van der Waals surface area (Å²) in [4.78, 5) is 27.6. The molecule has 34 heavy (non-hydrogen) atoms. The summed E-state index contributed by atoms with van der Waals surface area (Å²) in [7, 11) is 1.65. The molecule has 2 amide bonds. The van der Waals surface area contributed by atoms with Gasteiger partial charge in [0.25, 0.3) is 5.91 Å². The highest BCUT2D eigenvalue weighted by atomic mass is 19.2. The predicted octanol–water partition coefficient (Wildman–Crippen LogP) is 5.63. The standard InChI is InChI=1S/C28H32F2N2O2/c1-17(23-7-8-24(29)25(30)12-23)32(2)26(33)22-5-3-18(4-6-22)16-31-27(34)28-13-19-9-20(14-28)11-21(10-19)15-28/h3-8,12,17,19-21H,9-11,13-16H2,1-2H3,(H,31,34). The summed E-state index contributed by atoms with van der Waals surface area (Å²) in [5.41, 5.74) is 1.82. The van der Waals surface area contributed by atoms with Gasteiger partial charge in [0.2, 0.25) is 5.91 Å². The van der Waals surface area contributed by atoms with Gasteiger partial charge in [-0.15, -0.1) is 0 Å². The second-order valence-corrected chi connectivity index (χ2v) is 10.8. The number of hydrogen-bond donors (Lipinski definition) is 1. The van der Waals surface area contributed by atoms with Gasteiger partial charge in [-0.3, -0.25) is 9.59 Å². The summed E-state index contributed by atoms with van der Waals surface area (Å²) in [5, 5.41) is 3.18. The van der Waals surface area contributed by atoms with Crippen molar-refractivity contribution in [3.8, 4) is 0 Å². The molecule has 180 valence electrons. The van der Waals surface area contributed by atoms with Crippen LogP contribution in [0.15, 0.2) is 42.5 Å². The fourth-order valence-corrected chi connectivity index (χ4v) is 6.90. The Balaban J connectivity index is 1.19. The van der Waals surface area contributed by atoms with Crippen LogP contribution in [0.3, 0.4) is 0 Å². The Morgan fingerprint density at radius 2 is 1.56 bits per heavy atom. The van der Waals surface area contributed by atoms with E-state index in [0.717, 1.165) is 54.7 Å². The lowest BCUT2D eigenvalue weighted by Gasteiger charge is -2.55. The van der Waals surface area contributed by atoms with Crippen molar-refractivity contribution in [3.05, 3.63) is 70.8 Å². The number of amides is 2. The zero-order chi connectivity index (χ0) is 24.0. The molecule has 0 radical (unpaired) electrons. The van der Waals surface area contributed by atoms with E-state index in [4.69, 9.17) is 0 Å². The van der Waals surface area contributed by atoms with Crippen molar-refractivity contribution in [2.45, 2.75) is 58.0 Å². The molecule has 0 aliphatic heterocycles. The molecular formula is C28H32F2N2O2. The molecule has 6 rings (SSSR count). The SMILES string of the molecule is CC(c1ccc(F)c(F)c1)N(C)C(=O)c1ccc(CNC(=O)C23CC4CC(CC(C4)C2)C3)cc1. The molecule has 0 heterocycles. The maximum atomic E-state index is 13.6. The third-order valence-corrected chi connectivity index (χ3v) is 8.50. The average Bonchev–Trinajstić information content (AvgIpc) is 2.82. The quantitative estimate of drug-likeness (QED) is 0.600. The number of benzene rings is 2. The van der Waals surface area contributed by atoms with Crippen molar-refractivity contribution in [2.75, 3.05) is 7.05 Å². The molecule has 4 nitrogen and oxygen atoms in total. The second-order valence-electron chi connectivity index (χ2n) is 10.8. The first-order valence-electron chi connectivity index (χ1n) is 12.3. The fraction of sp³-hybridized carbons (Fsp3) is 0.500. The zero-order valence-corrected chi connectivity index (χ0v) is 19.8. The van der Waals surface area contributed by atoms with Gasteiger partial charge in [0.05, 0.1) is 6.04 Å². The van der Waals surface area contributed by atoms with Gasteiger partial charge in [0.15, 0.2) is 11.6 Å². The molecule has 2 aromatic rings. The lowest BCUT2D eigenvalue weighted by molar-refractivity contribution is -0.146. The van der Waals surface area contributed by atoms with Gasteiger partial charge in [-0.25, -0.2) is 8.78 Å². The molecule has 2 aromatic carbocycles. The van der Waals surface area contributed by atoms with Crippen molar-refractivity contribution >= 4 is 11.8 Å². The van der Waals surface area contributed by atoms with Gasteiger partial charge in [-0.05, 0) is 98.6 Å². The van der Waals surface area contributed by atoms with Crippen LogP contribution in [-0.2, 0) is 11.3 Å². The van der Waals surface area contributed by atoms with E-state index in [2.05, 4.69) is 5.32 Å². The van der Waals surface area contributed by atoms with Crippen LogP contribution in [0.5, 0.6) is 0 Å². The van der Waals surface area contributed by atoms with E-state index in [1.807, 2.05) is 12.1 Å². The Labute approximate surface area is 199 Å². The highest BCUT2D eigenvalue weighted by molar-refractivity contribution is 5.94. The van der Waals surface area contributed by atoms with E-state index in [1.54, 1.807) is 26.1 Å². The first kappa shape index (κ1) is 23.0. The number of rotatable bonds is 6. The van der Waals surface area contributed by atoms with E-state index in [-0.39, 0.29) is 17.2 Å². The first-order chi connectivity index (χ1) is 16.2. The summed E-state index contributed by atoms with van der Waals surface area (Å²) < 4.78 is 26.8. The molecule has 1 unspecified atom stereocenters. The Morgan fingerprint density at radius 1 is 0.971 bits per heavy atom. The monoisotopic (exact) mass is 466 g/mol. The van der Waals surface area contributed by atoms with Crippen LogP contribution in [0.25, 0.3) is 0 Å². The summed E-state index contributed by atoms with van der Waals surface area (Å²) in [6, 6.07) is 10.5. The van der Waals surface area contributed by atoms with Gasteiger partial charge < -0.3 is 10.2 Å². The van der Waals surface area contributed by atoms with E-state index in [9.17, 15) is 18.4 Å². The van der Waals surface area contributed by atoms with Crippen LogP contribution >= 0.6 is 0 Å². The Bertz CT molecular complexity index is 1060. The first-order valence-corrected chi connectivity index (χ1v) is 12.3. The number of halogens is 2. The Kier molecular flexibility index (Phi) is 5.95. The van der Waals surface area contributed by atoms with Crippen molar-refractivity contribution in [1.82, 2.24) is 10.2 Å². The number of nitrogens with one attached hydrogen (secondary N) is 1. The molecule has 1 atom stereocenters. The van der Waals surface area contributed by atoms with Crippen LogP contribution in [0.4, 0.5) is 8.78 Å². The smallest absolute Gasteiger partial charge is 0.254 e. The third-order valence-electron chi connectivity index (χ3n) is 8.50. The molecule has 4 aliphatic rings. The van der Waals surface area contributed by atoms with Crippen molar-refractivity contribution in [3.63, 3.8) is 0 Å². The molecule has 0 aromatic heterocycles. The van der Waals surface area contributed by atoms with Crippen molar-refractivity contribution in [2.24, 2.45) is 23.2 Å². The normalized spacial score (nSPS) is 27.9. The largest absolute Gasteiger partial charge is 0.352 e. The number of carbonyl (C=O) groups is 2. The molecule has 4 fully saturated rings. The van der Waals surface area contributed by atoms with Crippen LogP contribution in [-0.4, -0.2) is 23.8 Å². The zero-order valence-electron chi connectivity index (χ0n) is 19.8. The Hall–Kier alpha value is -2.76.